The number of benzene rings is 1. The molecule has 2 aliphatic heterocycles. The van der Waals surface area contributed by atoms with E-state index in [-0.39, 0.29) is 16.8 Å². The highest BCUT2D eigenvalue weighted by molar-refractivity contribution is 7.89. The van der Waals surface area contributed by atoms with Crippen molar-refractivity contribution >= 4 is 15.9 Å². The molecule has 1 N–H and O–H groups in total. The summed E-state index contributed by atoms with van der Waals surface area (Å²) in [5, 5.41) is 3.23. The van der Waals surface area contributed by atoms with E-state index < -0.39 is 10.0 Å². The summed E-state index contributed by atoms with van der Waals surface area (Å²) in [7, 11) is -1.83. The molecule has 1 atom stereocenters. The van der Waals surface area contributed by atoms with Crippen molar-refractivity contribution in [2.75, 3.05) is 46.4 Å². The molecule has 132 valence electrons. The Morgan fingerprint density at radius 2 is 2.08 bits per heavy atom. The molecule has 8 heteroatoms. The summed E-state index contributed by atoms with van der Waals surface area (Å²) >= 11 is 0. The van der Waals surface area contributed by atoms with Crippen molar-refractivity contribution in [3.05, 3.63) is 29.8 Å². The molecule has 2 saturated heterocycles. The van der Waals surface area contributed by atoms with Crippen molar-refractivity contribution in [3.8, 4) is 0 Å². The number of nitrogens with one attached hydrogen (secondary N) is 1. The van der Waals surface area contributed by atoms with Crippen LogP contribution in [0.3, 0.4) is 0 Å². The highest BCUT2D eigenvalue weighted by Gasteiger charge is 2.28. The molecule has 0 spiro atoms. The molecule has 2 aliphatic rings. The molecule has 0 aromatic heterocycles. The summed E-state index contributed by atoms with van der Waals surface area (Å²) in [5.41, 5.74) is 0.402. The normalized spacial score (nSPS) is 22.5. The molecular weight excluding hydrogens is 330 g/mol. The Morgan fingerprint density at radius 1 is 1.33 bits per heavy atom. The molecule has 0 radical (unpaired) electrons. The van der Waals surface area contributed by atoms with Crippen LogP contribution in [0.4, 0.5) is 0 Å². The van der Waals surface area contributed by atoms with Crippen LogP contribution < -0.4 is 5.32 Å². The van der Waals surface area contributed by atoms with Crippen molar-refractivity contribution in [2.45, 2.75) is 17.4 Å². The number of carbonyl (C=O) groups excluding carboxylic acids is 1. The first kappa shape index (κ1) is 17.3. The Balaban J connectivity index is 1.81. The van der Waals surface area contributed by atoms with Crippen LogP contribution in [0, 0.1) is 0 Å². The van der Waals surface area contributed by atoms with Gasteiger partial charge in [-0.3, -0.25) is 4.79 Å². The van der Waals surface area contributed by atoms with Crippen molar-refractivity contribution < 1.29 is 17.9 Å². The minimum absolute atomic E-state index is 0.150. The van der Waals surface area contributed by atoms with Crippen LogP contribution >= 0.6 is 0 Å². The largest absolute Gasteiger partial charge is 0.379 e. The van der Waals surface area contributed by atoms with Crippen LogP contribution in [0.2, 0.25) is 0 Å². The Labute approximate surface area is 142 Å². The van der Waals surface area contributed by atoms with Gasteiger partial charge in [0.2, 0.25) is 10.0 Å². The molecular formula is C16H23N3O4S. The number of carbonyl (C=O) groups is 1. The number of hydrogen-bond acceptors (Lipinski definition) is 5. The number of nitrogens with zero attached hydrogens (tertiary/aromatic N) is 2. The maximum absolute atomic E-state index is 12.7. The first-order valence-electron chi connectivity index (χ1n) is 8.16. The molecule has 0 bridgehead atoms. The molecule has 0 aliphatic carbocycles. The third-order valence-electron chi connectivity index (χ3n) is 4.59. The van der Waals surface area contributed by atoms with Gasteiger partial charge in [-0.15, -0.1) is 0 Å². The van der Waals surface area contributed by atoms with Gasteiger partial charge in [-0.25, -0.2) is 8.42 Å². The van der Waals surface area contributed by atoms with Gasteiger partial charge in [-0.05, 0) is 31.2 Å². The summed E-state index contributed by atoms with van der Waals surface area (Å²) in [6, 6.07) is 6.46. The molecule has 24 heavy (non-hydrogen) atoms. The van der Waals surface area contributed by atoms with E-state index in [1.165, 1.54) is 10.4 Å². The van der Waals surface area contributed by atoms with Gasteiger partial charge >= 0.3 is 0 Å². The summed E-state index contributed by atoms with van der Waals surface area (Å²) in [5.74, 6) is -0.150. The zero-order valence-corrected chi connectivity index (χ0v) is 14.6. The van der Waals surface area contributed by atoms with Crippen LogP contribution in [0.1, 0.15) is 16.8 Å². The Hall–Kier alpha value is -1.48. The molecule has 7 nitrogen and oxygen atoms in total. The van der Waals surface area contributed by atoms with Gasteiger partial charge in [0.1, 0.15) is 0 Å². The topological polar surface area (TPSA) is 79.0 Å². The van der Waals surface area contributed by atoms with E-state index in [4.69, 9.17) is 4.74 Å². The van der Waals surface area contributed by atoms with Crippen molar-refractivity contribution in [1.29, 1.82) is 0 Å². The van der Waals surface area contributed by atoms with Crippen molar-refractivity contribution in [1.82, 2.24) is 14.5 Å². The van der Waals surface area contributed by atoms with Gasteiger partial charge in [0.05, 0.1) is 18.1 Å². The van der Waals surface area contributed by atoms with E-state index >= 15 is 0 Å². The fourth-order valence-electron chi connectivity index (χ4n) is 3.07. The third-order valence-corrected chi connectivity index (χ3v) is 6.49. The molecule has 2 fully saturated rings. The highest BCUT2D eigenvalue weighted by Crippen LogP contribution is 2.20. The lowest BCUT2D eigenvalue weighted by Crippen LogP contribution is -2.41. The molecule has 2 heterocycles. The summed E-state index contributed by atoms with van der Waals surface area (Å²) in [6.45, 7) is 3.15. The van der Waals surface area contributed by atoms with Crippen molar-refractivity contribution in [3.63, 3.8) is 0 Å². The van der Waals surface area contributed by atoms with Crippen LogP contribution in [0.25, 0.3) is 0 Å². The maximum Gasteiger partial charge on any atom is 0.253 e. The number of hydrogen-bond donors (Lipinski definition) is 1. The quantitative estimate of drug-likeness (QED) is 0.833. The van der Waals surface area contributed by atoms with Crippen LogP contribution in [0.5, 0.6) is 0 Å². The van der Waals surface area contributed by atoms with Gasteiger partial charge in [-0.2, -0.15) is 4.31 Å². The number of rotatable bonds is 4. The average molecular weight is 353 g/mol. The van der Waals surface area contributed by atoms with Gasteiger partial charge in [-0.1, -0.05) is 6.07 Å². The van der Waals surface area contributed by atoms with Crippen LogP contribution in [-0.2, 0) is 14.8 Å². The number of amides is 1. The number of sulfonamides is 1. The second-order valence-electron chi connectivity index (χ2n) is 6.11. The van der Waals surface area contributed by atoms with E-state index in [2.05, 4.69) is 5.32 Å². The zero-order valence-electron chi connectivity index (χ0n) is 13.8. The minimum atomic E-state index is -3.59. The van der Waals surface area contributed by atoms with Gasteiger partial charge in [0.25, 0.3) is 5.91 Å². The summed E-state index contributed by atoms with van der Waals surface area (Å²) in [6.07, 6.45) is 0.911. The Morgan fingerprint density at radius 3 is 2.75 bits per heavy atom. The fourth-order valence-corrected chi connectivity index (χ4v) is 4.52. The van der Waals surface area contributed by atoms with E-state index in [0.29, 0.717) is 31.9 Å². The number of likely N-dealkylation sites (N-methyl/N-ethyl adjacent to an activating group) is 1. The lowest BCUT2D eigenvalue weighted by atomic mass is 10.1. The van der Waals surface area contributed by atoms with E-state index in [1.54, 1.807) is 30.1 Å². The smallest absolute Gasteiger partial charge is 0.253 e. The van der Waals surface area contributed by atoms with Gasteiger partial charge < -0.3 is 15.0 Å². The van der Waals surface area contributed by atoms with Crippen molar-refractivity contribution in [2.24, 2.45) is 0 Å². The molecule has 1 amide bonds. The highest BCUT2D eigenvalue weighted by atomic mass is 32.2. The second-order valence-corrected chi connectivity index (χ2v) is 8.04. The standard InChI is InChI=1S/C16H23N3O4S/c1-18(14-5-6-17-12-14)16(20)13-3-2-4-15(11-13)24(21,22)19-7-9-23-10-8-19/h2-4,11,14,17H,5-10,12H2,1H3. The molecule has 1 unspecified atom stereocenters. The van der Waals surface area contributed by atoms with E-state index in [9.17, 15) is 13.2 Å². The maximum atomic E-state index is 12.7. The summed E-state index contributed by atoms with van der Waals surface area (Å²) in [4.78, 5) is 14.5. The predicted octanol–water partition coefficient (Wildman–Crippen LogP) is 0.141. The number of morpholine rings is 1. The van der Waals surface area contributed by atoms with E-state index in [1.807, 2.05) is 0 Å². The van der Waals surface area contributed by atoms with Gasteiger partial charge in [0.15, 0.2) is 0 Å². The van der Waals surface area contributed by atoms with Gasteiger partial charge in [0, 0.05) is 38.3 Å². The molecule has 1 aromatic carbocycles. The first-order valence-corrected chi connectivity index (χ1v) is 9.60. The SMILES string of the molecule is CN(C(=O)c1cccc(S(=O)(=O)N2CCOCC2)c1)C1CCNC1. The molecule has 1 aromatic rings. The third kappa shape index (κ3) is 3.46. The minimum Gasteiger partial charge on any atom is -0.379 e. The summed E-state index contributed by atoms with van der Waals surface area (Å²) < 4.78 is 32.1. The molecule has 3 rings (SSSR count). The number of ether oxygens (including phenoxy) is 1. The Kier molecular flexibility index (Phi) is 5.19. The predicted molar refractivity (Wildman–Crippen MR) is 89.4 cm³/mol. The second kappa shape index (κ2) is 7.18. The lowest BCUT2D eigenvalue weighted by Gasteiger charge is -2.27. The van der Waals surface area contributed by atoms with E-state index in [0.717, 1.165) is 19.5 Å². The lowest BCUT2D eigenvalue weighted by molar-refractivity contribution is 0.0729. The van der Waals surface area contributed by atoms with Crippen LogP contribution in [-0.4, -0.2) is 76.0 Å². The zero-order chi connectivity index (χ0) is 17.2. The average Bonchev–Trinajstić information content (AvgIpc) is 3.16. The monoisotopic (exact) mass is 353 g/mol. The molecule has 0 saturated carbocycles. The first-order chi connectivity index (χ1) is 11.5. The Bertz CT molecular complexity index is 695. The fraction of sp³-hybridized carbons (Fsp3) is 0.562. The van der Waals surface area contributed by atoms with Crippen LogP contribution in [0.15, 0.2) is 29.2 Å².